The molecule has 0 radical (unpaired) electrons. The Labute approximate surface area is 221 Å². The average Bonchev–Trinajstić information content (AvgIpc) is 3.58. The van der Waals surface area contributed by atoms with Crippen LogP contribution in [0.2, 0.25) is 0 Å². The van der Waals surface area contributed by atoms with Gasteiger partial charge in [-0.3, -0.25) is 9.69 Å². The normalized spacial score (nSPS) is 20.4. The highest BCUT2D eigenvalue weighted by atomic mass is 31.2. The van der Waals surface area contributed by atoms with E-state index >= 15 is 0 Å². The van der Waals surface area contributed by atoms with Gasteiger partial charge in [0.2, 0.25) is 0 Å². The van der Waals surface area contributed by atoms with Gasteiger partial charge < -0.3 is 4.90 Å². The molecule has 6 rings (SSSR count). The van der Waals surface area contributed by atoms with Crippen LogP contribution in [-0.4, -0.2) is 47.0 Å². The van der Waals surface area contributed by atoms with E-state index in [1.54, 1.807) is 0 Å². The molecule has 0 aliphatic carbocycles. The van der Waals surface area contributed by atoms with Crippen LogP contribution in [0.5, 0.6) is 0 Å². The predicted octanol–water partition coefficient (Wildman–Crippen LogP) is 4.86. The molecule has 1 amide bonds. The zero-order valence-electron chi connectivity index (χ0n) is 21.2. The van der Waals surface area contributed by atoms with Crippen LogP contribution in [0.3, 0.4) is 0 Å². The van der Waals surface area contributed by atoms with Crippen molar-refractivity contribution in [1.82, 2.24) is 9.80 Å². The van der Waals surface area contributed by atoms with Crippen LogP contribution < -0.4 is 15.9 Å². The number of carbonyl (C=O) groups excluding carboxylic acids is 1. The molecule has 0 spiro atoms. The Morgan fingerprint density at radius 3 is 1.62 bits per heavy atom. The average molecular weight is 506 g/mol. The predicted molar refractivity (Wildman–Crippen MR) is 155 cm³/mol. The number of rotatable bonds is 7. The molecule has 3 nitrogen and oxygen atoms in total. The van der Waals surface area contributed by atoms with E-state index in [0.29, 0.717) is 11.9 Å². The van der Waals surface area contributed by atoms with Crippen molar-refractivity contribution in [1.29, 1.82) is 0 Å². The Morgan fingerprint density at radius 1 is 0.622 bits per heavy atom. The second-order valence-electron chi connectivity index (χ2n) is 10.2. The first kappa shape index (κ1) is 24.1. The van der Waals surface area contributed by atoms with Crippen molar-refractivity contribution in [2.24, 2.45) is 0 Å². The fraction of sp³-hybridized carbons (Fsp3) is 0.242. The van der Waals surface area contributed by atoms with E-state index in [1.807, 2.05) is 0 Å². The van der Waals surface area contributed by atoms with E-state index in [-0.39, 0.29) is 5.66 Å². The quantitative estimate of drug-likeness (QED) is 0.335. The molecule has 2 heterocycles. The molecule has 2 aliphatic rings. The molecule has 0 N–H and O–H groups in total. The fourth-order valence-electron chi connectivity index (χ4n) is 6.44. The number of hydrogen-bond acceptors (Lipinski definition) is 2. The molecule has 2 unspecified atom stereocenters. The van der Waals surface area contributed by atoms with Gasteiger partial charge in [0.05, 0.1) is 0 Å². The van der Waals surface area contributed by atoms with E-state index in [2.05, 4.69) is 131 Å². The maximum atomic E-state index is 14.5. The minimum Gasteiger partial charge on any atom is -0.335 e. The lowest BCUT2D eigenvalue weighted by Crippen LogP contribution is -2.45. The lowest BCUT2D eigenvalue weighted by atomic mass is 10.2. The number of hydrogen-bond donors (Lipinski definition) is 0. The van der Waals surface area contributed by atoms with Crippen molar-refractivity contribution in [2.75, 3.05) is 19.6 Å². The first-order valence-corrected chi connectivity index (χ1v) is 15.2. The minimum atomic E-state index is -2.21. The van der Waals surface area contributed by atoms with Crippen LogP contribution >= 0.6 is 7.26 Å². The highest BCUT2D eigenvalue weighted by Crippen LogP contribution is 2.62. The molecule has 2 aliphatic heterocycles. The number of carbonyl (C=O) groups is 1. The van der Waals surface area contributed by atoms with Crippen molar-refractivity contribution in [2.45, 2.75) is 31.1 Å². The zero-order chi connectivity index (χ0) is 25.1. The van der Waals surface area contributed by atoms with Gasteiger partial charge in [0.25, 0.3) is 5.91 Å². The topological polar surface area (TPSA) is 23.6 Å². The SMILES string of the molecule is O=C1C([P+](c2ccccc2)(c2ccccc2)c2ccccc2)CCN1C1CCN(Cc2ccccc2)C1. The summed E-state index contributed by atoms with van der Waals surface area (Å²) in [6.45, 7) is 3.81. The summed E-state index contributed by atoms with van der Waals surface area (Å²) >= 11 is 0. The number of nitrogens with zero attached hydrogens (tertiary/aromatic N) is 2. The van der Waals surface area contributed by atoms with E-state index in [9.17, 15) is 4.79 Å². The molecule has 0 aromatic heterocycles. The molecule has 0 saturated carbocycles. The molecule has 37 heavy (non-hydrogen) atoms. The van der Waals surface area contributed by atoms with Crippen LogP contribution in [0.4, 0.5) is 0 Å². The van der Waals surface area contributed by atoms with Gasteiger partial charge in [-0.15, -0.1) is 0 Å². The summed E-state index contributed by atoms with van der Waals surface area (Å²) < 4.78 is 0. The van der Waals surface area contributed by atoms with Crippen molar-refractivity contribution in [3.63, 3.8) is 0 Å². The van der Waals surface area contributed by atoms with Gasteiger partial charge in [0.15, 0.2) is 5.66 Å². The molecule has 4 aromatic carbocycles. The molecule has 2 atom stereocenters. The summed E-state index contributed by atoms with van der Waals surface area (Å²) in [6, 6.07) is 43.5. The Balaban J connectivity index is 1.35. The van der Waals surface area contributed by atoms with E-state index < -0.39 is 7.26 Å². The first-order chi connectivity index (χ1) is 18.3. The highest BCUT2D eigenvalue weighted by Gasteiger charge is 2.59. The molecule has 4 heteroatoms. The minimum absolute atomic E-state index is 0.0390. The van der Waals surface area contributed by atoms with Gasteiger partial charge in [-0.05, 0) is 48.4 Å². The molecular weight excluding hydrogens is 471 g/mol. The lowest BCUT2D eigenvalue weighted by molar-refractivity contribution is -0.129. The fourth-order valence-corrected chi connectivity index (χ4v) is 11.3. The van der Waals surface area contributed by atoms with Crippen molar-refractivity contribution < 1.29 is 4.79 Å². The second-order valence-corrected chi connectivity index (χ2v) is 13.8. The molecule has 0 bridgehead atoms. The Hall–Kier alpha value is -3.26. The molecule has 2 fully saturated rings. The van der Waals surface area contributed by atoms with Gasteiger partial charge in [-0.25, -0.2) is 0 Å². The largest absolute Gasteiger partial charge is 0.335 e. The summed E-state index contributed by atoms with van der Waals surface area (Å²) in [7, 11) is -2.21. The molecule has 4 aromatic rings. The molecule has 186 valence electrons. The van der Waals surface area contributed by atoms with Crippen LogP contribution in [0.25, 0.3) is 0 Å². The third-order valence-corrected chi connectivity index (χ3v) is 12.9. The molecule has 2 saturated heterocycles. The van der Waals surface area contributed by atoms with Crippen LogP contribution in [0.1, 0.15) is 18.4 Å². The summed E-state index contributed by atoms with van der Waals surface area (Å²) in [5.74, 6) is 0.344. The summed E-state index contributed by atoms with van der Waals surface area (Å²) in [6.07, 6.45) is 1.96. The summed E-state index contributed by atoms with van der Waals surface area (Å²) in [4.78, 5) is 19.2. The summed E-state index contributed by atoms with van der Waals surface area (Å²) in [5, 5.41) is 3.89. The number of benzene rings is 4. The van der Waals surface area contributed by atoms with Gasteiger partial charge in [-0.2, -0.15) is 0 Å². The maximum absolute atomic E-state index is 14.5. The van der Waals surface area contributed by atoms with Gasteiger partial charge in [0.1, 0.15) is 23.2 Å². The number of likely N-dealkylation sites (tertiary alicyclic amines) is 2. The smallest absolute Gasteiger partial charge is 0.264 e. The van der Waals surface area contributed by atoms with Gasteiger partial charge in [-0.1, -0.05) is 84.9 Å². The Bertz CT molecular complexity index is 1220. The Kier molecular flexibility index (Phi) is 6.91. The van der Waals surface area contributed by atoms with Crippen molar-refractivity contribution in [3.8, 4) is 0 Å². The highest BCUT2D eigenvalue weighted by molar-refractivity contribution is 7.96. The van der Waals surface area contributed by atoms with Crippen molar-refractivity contribution >= 4 is 29.1 Å². The lowest BCUT2D eigenvalue weighted by Gasteiger charge is -2.32. The molecular formula is C33H34N2OP+. The van der Waals surface area contributed by atoms with E-state index in [4.69, 9.17) is 0 Å². The van der Waals surface area contributed by atoms with Crippen LogP contribution in [0, 0.1) is 0 Å². The monoisotopic (exact) mass is 505 g/mol. The third-order valence-electron chi connectivity index (χ3n) is 8.11. The van der Waals surface area contributed by atoms with Crippen molar-refractivity contribution in [3.05, 3.63) is 127 Å². The standard InChI is InChI=1S/C33H34N2OP/c36-33-32(22-24-35(33)28-21-23-34(26-28)25-27-13-5-1-6-14-27)37(29-15-7-2-8-16-29,30-17-9-3-10-18-30)31-19-11-4-12-20-31/h1-20,28,32H,21-26H2/q+1. The first-order valence-electron chi connectivity index (χ1n) is 13.4. The Morgan fingerprint density at radius 2 is 1.11 bits per heavy atom. The van der Waals surface area contributed by atoms with E-state index in [1.165, 1.54) is 21.5 Å². The maximum Gasteiger partial charge on any atom is 0.264 e. The second kappa shape index (κ2) is 10.6. The summed E-state index contributed by atoms with van der Waals surface area (Å²) in [5.41, 5.74) is 1.30. The van der Waals surface area contributed by atoms with Crippen LogP contribution in [-0.2, 0) is 11.3 Å². The number of amides is 1. The van der Waals surface area contributed by atoms with Gasteiger partial charge >= 0.3 is 0 Å². The van der Waals surface area contributed by atoms with E-state index in [0.717, 1.165) is 39.0 Å². The zero-order valence-corrected chi connectivity index (χ0v) is 22.1. The third kappa shape index (κ3) is 4.52. The van der Waals surface area contributed by atoms with Crippen LogP contribution in [0.15, 0.2) is 121 Å². The van der Waals surface area contributed by atoms with Gasteiger partial charge in [0, 0.05) is 38.6 Å².